The van der Waals surface area contributed by atoms with E-state index >= 15 is 0 Å². The first-order valence-electron chi connectivity index (χ1n) is 8.41. The van der Waals surface area contributed by atoms with E-state index in [2.05, 4.69) is 15.6 Å². The molecule has 1 fully saturated rings. The number of hydrogen-bond acceptors (Lipinski definition) is 4. The molecule has 2 heterocycles. The summed E-state index contributed by atoms with van der Waals surface area (Å²) in [5, 5.41) is 6.68. The minimum atomic E-state index is -0.229. The van der Waals surface area contributed by atoms with Gasteiger partial charge in [0, 0.05) is 31.3 Å². The maximum atomic E-state index is 12.0. The van der Waals surface area contributed by atoms with Crippen molar-refractivity contribution in [3.63, 3.8) is 0 Å². The molecular formula is C18H23N3O3. The summed E-state index contributed by atoms with van der Waals surface area (Å²) < 4.78 is 11.1. The molecule has 24 heavy (non-hydrogen) atoms. The molecule has 2 aromatic rings. The number of amides is 2. The van der Waals surface area contributed by atoms with Crippen LogP contribution in [0.25, 0.3) is 10.9 Å². The van der Waals surface area contributed by atoms with Crippen LogP contribution in [0.15, 0.2) is 36.5 Å². The lowest BCUT2D eigenvalue weighted by molar-refractivity contribution is 0.0168. The SMILES string of the molecule is O=C(NCCCOCC1CCCO1)Nc1cccc2cccnc12. The largest absolute Gasteiger partial charge is 0.379 e. The predicted octanol–water partition coefficient (Wildman–Crippen LogP) is 2.94. The molecule has 0 bridgehead atoms. The molecular weight excluding hydrogens is 306 g/mol. The number of rotatable bonds is 7. The summed E-state index contributed by atoms with van der Waals surface area (Å²) in [5.74, 6) is 0. The Morgan fingerprint density at radius 1 is 1.33 bits per heavy atom. The number of fused-ring (bicyclic) bond motifs is 1. The van der Waals surface area contributed by atoms with Crippen molar-refractivity contribution in [3.8, 4) is 0 Å². The fourth-order valence-corrected chi connectivity index (χ4v) is 2.74. The van der Waals surface area contributed by atoms with E-state index in [1.807, 2.05) is 30.3 Å². The number of hydrogen-bond donors (Lipinski definition) is 2. The standard InChI is InChI=1S/C18H23N3O3/c22-18(20-10-4-11-23-13-15-7-3-12-24-15)21-16-8-1-5-14-6-2-9-19-17(14)16/h1-2,5-6,8-9,15H,3-4,7,10-13H2,(H2,20,21,22). The number of aromatic nitrogens is 1. The molecule has 2 N–H and O–H groups in total. The summed E-state index contributed by atoms with van der Waals surface area (Å²) in [5.41, 5.74) is 1.50. The molecule has 0 saturated carbocycles. The molecule has 6 heteroatoms. The average Bonchev–Trinajstić information content (AvgIpc) is 3.12. The van der Waals surface area contributed by atoms with Gasteiger partial charge in [0.15, 0.2) is 0 Å². The van der Waals surface area contributed by atoms with E-state index in [0.717, 1.165) is 36.8 Å². The van der Waals surface area contributed by atoms with Gasteiger partial charge in [0.25, 0.3) is 0 Å². The monoisotopic (exact) mass is 329 g/mol. The molecule has 6 nitrogen and oxygen atoms in total. The first kappa shape index (κ1) is 16.7. The highest BCUT2D eigenvalue weighted by Gasteiger charge is 2.14. The van der Waals surface area contributed by atoms with Gasteiger partial charge in [-0.2, -0.15) is 0 Å². The smallest absolute Gasteiger partial charge is 0.319 e. The molecule has 1 aliphatic heterocycles. The van der Waals surface area contributed by atoms with Crippen LogP contribution >= 0.6 is 0 Å². The van der Waals surface area contributed by atoms with Crippen molar-refractivity contribution < 1.29 is 14.3 Å². The molecule has 0 aliphatic carbocycles. The van der Waals surface area contributed by atoms with Crippen LogP contribution in [0, 0.1) is 0 Å². The molecule has 0 radical (unpaired) electrons. The Bertz CT molecular complexity index is 666. The Morgan fingerprint density at radius 3 is 3.12 bits per heavy atom. The maximum absolute atomic E-state index is 12.0. The number of urea groups is 1. The predicted molar refractivity (Wildman–Crippen MR) is 93.2 cm³/mol. The topological polar surface area (TPSA) is 72.5 Å². The highest BCUT2D eigenvalue weighted by Crippen LogP contribution is 2.20. The quantitative estimate of drug-likeness (QED) is 0.766. The van der Waals surface area contributed by atoms with E-state index in [0.29, 0.717) is 25.4 Å². The van der Waals surface area contributed by atoms with Gasteiger partial charge in [0.05, 0.1) is 23.9 Å². The van der Waals surface area contributed by atoms with Gasteiger partial charge in [-0.15, -0.1) is 0 Å². The van der Waals surface area contributed by atoms with Crippen LogP contribution in [-0.2, 0) is 9.47 Å². The van der Waals surface area contributed by atoms with Gasteiger partial charge in [-0.25, -0.2) is 4.79 Å². The molecule has 1 unspecified atom stereocenters. The van der Waals surface area contributed by atoms with Crippen LogP contribution in [0.3, 0.4) is 0 Å². The van der Waals surface area contributed by atoms with Crippen LogP contribution in [0.2, 0.25) is 0 Å². The Morgan fingerprint density at radius 2 is 2.25 bits per heavy atom. The van der Waals surface area contributed by atoms with E-state index < -0.39 is 0 Å². The number of carbonyl (C=O) groups excluding carboxylic acids is 1. The van der Waals surface area contributed by atoms with Crippen molar-refractivity contribution in [1.82, 2.24) is 10.3 Å². The number of para-hydroxylation sites is 1. The normalized spacial score (nSPS) is 17.1. The molecule has 1 saturated heterocycles. The number of ether oxygens (including phenoxy) is 2. The second kappa shape index (κ2) is 8.61. The Kier molecular flexibility index (Phi) is 5.98. The van der Waals surface area contributed by atoms with Gasteiger partial charge in [-0.05, 0) is 31.4 Å². The number of anilines is 1. The van der Waals surface area contributed by atoms with Crippen molar-refractivity contribution in [1.29, 1.82) is 0 Å². The number of pyridine rings is 1. The van der Waals surface area contributed by atoms with Crippen LogP contribution < -0.4 is 10.6 Å². The van der Waals surface area contributed by atoms with E-state index in [9.17, 15) is 4.79 Å². The van der Waals surface area contributed by atoms with Gasteiger partial charge in [-0.3, -0.25) is 4.98 Å². The third-order valence-electron chi connectivity index (χ3n) is 3.96. The summed E-state index contributed by atoms with van der Waals surface area (Å²) in [6, 6.07) is 9.33. The highest BCUT2D eigenvalue weighted by atomic mass is 16.5. The van der Waals surface area contributed by atoms with Crippen LogP contribution in [0.4, 0.5) is 10.5 Å². The van der Waals surface area contributed by atoms with Crippen molar-refractivity contribution >= 4 is 22.6 Å². The molecule has 1 aromatic carbocycles. The number of carbonyl (C=O) groups is 1. The summed E-state index contributed by atoms with van der Waals surface area (Å²) in [7, 11) is 0. The van der Waals surface area contributed by atoms with E-state index in [1.54, 1.807) is 6.20 Å². The zero-order valence-electron chi connectivity index (χ0n) is 13.7. The van der Waals surface area contributed by atoms with Crippen molar-refractivity contribution in [2.75, 3.05) is 31.7 Å². The average molecular weight is 329 g/mol. The third kappa shape index (κ3) is 4.66. The summed E-state index contributed by atoms with van der Waals surface area (Å²) in [6.45, 7) is 2.68. The lowest BCUT2D eigenvalue weighted by atomic mass is 10.2. The van der Waals surface area contributed by atoms with E-state index in [4.69, 9.17) is 9.47 Å². The van der Waals surface area contributed by atoms with E-state index in [1.165, 1.54) is 0 Å². The molecule has 0 spiro atoms. The molecule has 2 amide bonds. The first-order valence-corrected chi connectivity index (χ1v) is 8.41. The zero-order chi connectivity index (χ0) is 16.6. The van der Waals surface area contributed by atoms with Gasteiger partial charge < -0.3 is 20.1 Å². The Balaban J connectivity index is 1.36. The number of nitrogens with one attached hydrogen (secondary N) is 2. The number of nitrogens with zero attached hydrogens (tertiary/aromatic N) is 1. The van der Waals surface area contributed by atoms with Crippen LogP contribution in [0.5, 0.6) is 0 Å². The van der Waals surface area contributed by atoms with Crippen LogP contribution in [-0.4, -0.2) is 43.5 Å². The molecule has 1 aliphatic rings. The highest BCUT2D eigenvalue weighted by molar-refractivity contribution is 5.99. The van der Waals surface area contributed by atoms with Crippen molar-refractivity contribution in [2.45, 2.75) is 25.4 Å². The minimum absolute atomic E-state index is 0.229. The third-order valence-corrected chi connectivity index (χ3v) is 3.96. The van der Waals surface area contributed by atoms with Gasteiger partial charge in [0.2, 0.25) is 0 Å². The summed E-state index contributed by atoms with van der Waals surface area (Å²) in [4.78, 5) is 16.3. The summed E-state index contributed by atoms with van der Waals surface area (Å²) in [6.07, 6.45) is 4.95. The van der Waals surface area contributed by atoms with Gasteiger partial charge in [-0.1, -0.05) is 18.2 Å². The first-order chi connectivity index (χ1) is 11.8. The number of benzene rings is 1. The second-order valence-electron chi connectivity index (χ2n) is 5.83. The van der Waals surface area contributed by atoms with Gasteiger partial charge in [0.1, 0.15) is 0 Å². The van der Waals surface area contributed by atoms with Crippen molar-refractivity contribution in [2.24, 2.45) is 0 Å². The Labute approximate surface area is 141 Å². The lowest BCUT2D eigenvalue weighted by Gasteiger charge is -2.11. The minimum Gasteiger partial charge on any atom is -0.379 e. The molecule has 128 valence electrons. The fraction of sp³-hybridized carbons (Fsp3) is 0.444. The molecule has 1 atom stereocenters. The van der Waals surface area contributed by atoms with E-state index in [-0.39, 0.29) is 12.1 Å². The Hall–Kier alpha value is -2.18. The van der Waals surface area contributed by atoms with Crippen molar-refractivity contribution in [3.05, 3.63) is 36.5 Å². The molecule has 1 aromatic heterocycles. The van der Waals surface area contributed by atoms with Crippen LogP contribution in [0.1, 0.15) is 19.3 Å². The zero-order valence-corrected chi connectivity index (χ0v) is 13.7. The van der Waals surface area contributed by atoms with Gasteiger partial charge >= 0.3 is 6.03 Å². The summed E-state index contributed by atoms with van der Waals surface area (Å²) >= 11 is 0. The fourth-order valence-electron chi connectivity index (χ4n) is 2.74. The molecule has 3 rings (SSSR count). The lowest BCUT2D eigenvalue weighted by Crippen LogP contribution is -2.30. The second-order valence-corrected chi connectivity index (χ2v) is 5.83. The maximum Gasteiger partial charge on any atom is 0.319 e.